The van der Waals surface area contributed by atoms with E-state index in [-0.39, 0.29) is 25.0 Å². The molecule has 0 saturated carbocycles. The molecule has 0 bridgehead atoms. The van der Waals surface area contributed by atoms with E-state index in [0.29, 0.717) is 18.4 Å². The van der Waals surface area contributed by atoms with Crippen LogP contribution in [0.4, 0.5) is 0 Å². The van der Waals surface area contributed by atoms with Gasteiger partial charge in [-0.05, 0) is 42.7 Å². The smallest absolute Gasteiger partial charge is 0.250 e. The molecule has 2 amide bonds. The molecule has 0 aliphatic carbocycles. The summed E-state index contributed by atoms with van der Waals surface area (Å²) < 4.78 is 6.14. The summed E-state index contributed by atoms with van der Waals surface area (Å²) in [6.45, 7) is 2.80. The Balaban J connectivity index is 1.37. The molecule has 1 aliphatic heterocycles. The number of rotatable bonds is 12. The van der Waals surface area contributed by atoms with E-state index in [1.807, 2.05) is 66.7 Å². The highest BCUT2D eigenvalue weighted by molar-refractivity contribution is 5.94. The molecule has 0 aromatic heterocycles. The van der Waals surface area contributed by atoms with E-state index in [4.69, 9.17) is 9.94 Å². The summed E-state index contributed by atoms with van der Waals surface area (Å²) in [6, 6.07) is 24.4. The van der Waals surface area contributed by atoms with Gasteiger partial charge < -0.3 is 10.1 Å². The van der Waals surface area contributed by atoms with Crippen molar-refractivity contribution in [3.8, 4) is 5.75 Å². The van der Waals surface area contributed by atoms with Crippen molar-refractivity contribution < 1.29 is 19.5 Å². The number of hydroxylamine groups is 1. The number of hydrogen-bond donors (Lipinski definition) is 3. The van der Waals surface area contributed by atoms with Crippen LogP contribution in [0.2, 0.25) is 0 Å². The van der Waals surface area contributed by atoms with E-state index in [9.17, 15) is 9.59 Å². The molecular formula is C30H35N3O4. The summed E-state index contributed by atoms with van der Waals surface area (Å²) in [7, 11) is 0. The molecule has 37 heavy (non-hydrogen) atoms. The van der Waals surface area contributed by atoms with E-state index in [1.165, 1.54) is 5.56 Å². The Labute approximate surface area is 218 Å². The van der Waals surface area contributed by atoms with Crippen LogP contribution in [0.3, 0.4) is 0 Å². The average Bonchev–Trinajstić information content (AvgIpc) is 3.36. The molecule has 1 saturated heterocycles. The molecule has 4 rings (SSSR count). The maximum Gasteiger partial charge on any atom is 0.250 e. The monoisotopic (exact) mass is 501 g/mol. The lowest BCUT2D eigenvalue weighted by atomic mass is 10.1. The Morgan fingerprint density at radius 2 is 1.78 bits per heavy atom. The van der Waals surface area contributed by atoms with Gasteiger partial charge >= 0.3 is 0 Å². The molecule has 1 fully saturated rings. The SMILES string of the molecule is O=C(CCCCC=C(COc1cccc2ccccc12)C(=O)NC1CCN(Cc2ccccc2)C1)NO. The number of benzene rings is 3. The Morgan fingerprint density at radius 3 is 2.62 bits per heavy atom. The van der Waals surface area contributed by atoms with Crippen LogP contribution < -0.4 is 15.5 Å². The number of unbranched alkanes of at least 4 members (excludes halogenated alkanes) is 2. The van der Waals surface area contributed by atoms with Crippen LogP contribution in [-0.2, 0) is 16.1 Å². The number of allylic oxidation sites excluding steroid dienone is 1. The Morgan fingerprint density at radius 1 is 1.00 bits per heavy atom. The van der Waals surface area contributed by atoms with Gasteiger partial charge in [0.05, 0.1) is 5.57 Å². The fraction of sp³-hybridized carbons (Fsp3) is 0.333. The molecular weight excluding hydrogens is 466 g/mol. The zero-order valence-electron chi connectivity index (χ0n) is 21.1. The second kappa shape index (κ2) is 13.6. The van der Waals surface area contributed by atoms with Gasteiger partial charge in [-0.2, -0.15) is 0 Å². The summed E-state index contributed by atoms with van der Waals surface area (Å²) >= 11 is 0. The lowest BCUT2D eigenvalue weighted by Crippen LogP contribution is -2.38. The van der Waals surface area contributed by atoms with Crippen molar-refractivity contribution in [2.24, 2.45) is 0 Å². The first-order valence-corrected chi connectivity index (χ1v) is 12.9. The number of amides is 2. The quantitative estimate of drug-likeness (QED) is 0.146. The zero-order valence-corrected chi connectivity index (χ0v) is 21.1. The van der Waals surface area contributed by atoms with Gasteiger partial charge in [-0.15, -0.1) is 0 Å². The van der Waals surface area contributed by atoms with E-state index >= 15 is 0 Å². The van der Waals surface area contributed by atoms with E-state index < -0.39 is 5.91 Å². The molecule has 1 heterocycles. The minimum absolute atomic E-state index is 0.0883. The molecule has 3 aromatic rings. The predicted molar refractivity (Wildman–Crippen MR) is 144 cm³/mol. The Bertz CT molecular complexity index is 1210. The second-order valence-electron chi connectivity index (χ2n) is 9.46. The molecule has 3 N–H and O–H groups in total. The number of likely N-dealkylation sites (tertiary alicyclic amines) is 1. The van der Waals surface area contributed by atoms with Gasteiger partial charge in [-0.1, -0.05) is 72.8 Å². The molecule has 1 aliphatic rings. The highest BCUT2D eigenvalue weighted by Gasteiger charge is 2.25. The van der Waals surface area contributed by atoms with Gasteiger partial charge in [-0.25, -0.2) is 5.48 Å². The van der Waals surface area contributed by atoms with Crippen molar-refractivity contribution in [1.29, 1.82) is 0 Å². The number of nitrogens with zero attached hydrogens (tertiary/aromatic N) is 1. The van der Waals surface area contributed by atoms with Crippen molar-refractivity contribution in [1.82, 2.24) is 15.7 Å². The molecule has 194 valence electrons. The van der Waals surface area contributed by atoms with Gasteiger partial charge in [0.25, 0.3) is 5.91 Å². The first kappa shape index (κ1) is 26.4. The highest BCUT2D eigenvalue weighted by Crippen LogP contribution is 2.25. The predicted octanol–water partition coefficient (Wildman–Crippen LogP) is 4.60. The fourth-order valence-corrected chi connectivity index (χ4v) is 4.67. The first-order valence-electron chi connectivity index (χ1n) is 12.9. The fourth-order valence-electron chi connectivity index (χ4n) is 4.67. The third kappa shape index (κ3) is 7.90. The second-order valence-corrected chi connectivity index (χ2v) is 9.46. The highest BCUT2D eigenvalue weighted by atomic mass is 16.5. The number of fused-ring (bicyclic) bond motifs is 1. The van der Waals surface area contributed by atoms with Crippen molar-refractivity contribution in [3.05, 3.63) is 90.0 Å². The number of hydrogen-bond acceptors (Lipinski definition) is 5. The molecule has 7 nitrogen and oxygen atoms in total. The van der Waals surface area contributed by atoms with Crippen molar-refractivity contribution in [2.45, 2.75) is 44.7 Å². The largest absolute Gasteiger partial charge is 0.488 e. The number of nitrogens with one attached hydrogen (secondary N) is 2. The van der Waals surface area contributed by atoms with E-state index in [0.717, 1.165) is 49.0 Å². The van der Waals surface area contributed by atoms with Crippen LogP contribution in [0, 0.1) is 0 Å². The minimum atomic E-state index is -0.400. The third-order valence-corrected chi connectivity index (χ3v) is 6.65. The zero-order chi connectivity index (χ0) is 25.9. The van der Waals surface area contributed by atoms with Crippen molar-refractivity contribution in [2.75, 3.05) is 19.7 Å². The summed E-state index contributed by atoms with van der Waals surface area (Å²) in [5.41, 5.74) is 3.51. The summed E-state index contributed by atoms with van der Waals surface area (Å²) in [6.07, 6.45) is 5.06. The minimum Gasteiger partial charge on any atom is -0.488 e. The number of ether oxygens (including phenoxy) is 1. The molecule has 0 spiro atoms. The van der Waals surface area contributed by atoms with Gasteiger partial charge in [-0.3, -0.25) is 19.7 Å². The van der Waals surface area contributed by atoms with Crippen LogP contribution in [-0.4, -0.2) is 47.7 Å². The molecule has 7 heteroatoms. The maximum absolute atomic E-state index is 13.3. The summed E-state index contributed by atoms with van der Waals surface area (Å²) in [5, 5.41) is 14.0. The van der Waals surface area contributed by atoms with E-state index in [2.05, 4.69) is 22.3 Å². The van der Waals surface area contributed by atoms with Crippen LogP contribution in [0.15, 0.2) is 84.4 Å². The Hall–Kier alpha value is -3.68. The molecule has 3 aromatic carbocycles. The average molecular weight is 502 g/mol. The molecule has 0 radical (unpaired) electrons. The number of carbonyl (C=O) groups is 2. The lowest BCUT2D eigenvalue weighted by molar-refractivity contribution is -0.129. The van der Waals surface area contributed by atoms with Crippen LogP contribution in [0.25, 0.3) is 10.8 Å². The third-order valence-electron chi connectivity index (χ3n) is 6.65. The lowest BCUT2D eigenvalue weighted by Gasteiger charge is -2.18. The number of carbonyl (C=O) groups excluding carboxylic acids is 2. The molecule has 1 atom stereocenters. The van der Waals surface area contributed by atoms with Crippen LogP contribution in [0.5, 0.6) is 5.75 Å². The normalized spacial score (nSPS) is 16.0. The standard InChI is InChI=1S/C30H35N3O4/c34-29(32-36)17-6-2-5-13-25(22-37-28-16-9-14-24-12-7-8-15-27(24)28)30(35)31-26-18-19-33(21-26)20-23-10-3-1-4-11-23/h1,3-4,7-16,26,36H,2,5-6,17-22H2,(H,31,35)(H,32,34). The van der Waals surface area contributed by atoms with Gasteiger partial charge in [0.15, 0.2) is 0 Å². The molecule has 1 unspecified atom stereocenters. The van der Waals surface area contributed by atoms with Crippen LogP contribution in [0.1, 0.15) is 37.7 Å². The van der Waals surface area contributed by atoms with Gasteiger partial charge in [0, 0.05) is 37.5 Å². The van der Waals surface area contributed by atoms with Gasteiger partial charge in [0.1, 0.15) is 12.4 Å². The summed E-state index contributed by atoms with van der Waals surface area (Å²) in [5.74, 6) is 0.230. The Kier molecular flexibility index (Phi) is 9.68. The van der Waals surface area contributed by atoms with E-state index in [1.54, 1.807) is 5.48 Å². The van der Waals surface area contributed by atoms with Crippen LogP contribution >= 0.6 is 0 Å². The van der Waals surface area contributed by atoms with Crippen molar-refractivity contribution in [3.63, 3.8) is 0 Å². The first-order chi connectivity index (χ1) is 18.1. The van der Waals surface area contributed by atoms with Crippen molar-refractivity contribution >= 4 is 22.6 Å². The topological polar surface area (TPSA) is 90.9 Å². The summed E-state index contributed by atoms with van der Waals surface area (Å²) in [4.78, 5) is 26.9. The maximum atomic E-state index is 13.3. The van der Waals surface area contributed by atoms with Gasteiger partial charge in [0.2, 0.25) is 5.91 Å².